The summed E-state index contributed by atoms with van der Waals surface area (Å²) in [6.07, 6.45) is 10.2. The molecule has 75 heavy (non-hydrogen) atoms. The molecule has 2 bridgehead atoms. The van der Waals surface area contributed by atoms with Crippen LogP contribution in [0.3, 0.4) is 0 Å². The molecule has 9 heterocycles. The Morgan fingerprint density at radius 3 is 2.33 bits per heavy atom. The van der Waals surface area contributed by atoms with Crippen molar-refractivity contribution in [2.24, 2.45) is 11.8 Å². The van der Waals surface area contributed by atoms with Crippen LogP contribution in [-0.4, -0.2) is 138 Å². The fourth-order valence-corrected chi connectivity index (χ4v) is 13.1. The number of fused-ring (bicyclic) bond motifs is 2. The van der Waals surface area contributed by atoms with Crippen molar-refractivity contribution >= 4 is 40.5 Å². The number of nitrogens with two attached hydrogens (primary N) is 1. The van der Waals surface area contributed by atoms with Crippen LogP contribution in [0.1, 0.15) is 99.6 Å². The third kappa shape index (κ3) is 10.7. The van der Waals surface area contributed by atoms with Gasteiger partial charge in [0.15, 0.2) is 17.4 Å². The number of β-amino-alcohol motifs (C(OH)–C–C–N with tert-alkyl or cyclic N) is 1. The number of hydrogen-bond acceptors (Lipinski definition) is 17. The molecule has 20 heteroatoms. The highest BCUT2D eigenvalue weighted by atomic mass is 32.1. The molecule has 4 aromatic heterocycles. The molecule has 3 unspecified atom stereocenters. The van der Waals surface area contributed by atoms with Crippen LogP contribution in [0.5, 0.6) is 5.75 Å². The summed E-state index contributed by atoms with van der Waals surface area (Å²) in [4.78, 5) is 55.0. The Kier molecular flexibility index (Phi) is 14.7. The summed E-state index contributed by atoms with van der Waals surface area (Å²) in [5.74, 6) is 2.62. The van der Waals surface area contributed by atoms with Crippen molar-refractivity contribution in [1.29, 1.82) is 0 Å². The number of benzene rings is 2. The minimum Gasteiger partial charge on any atom is -0.507 e. The third-order valence-corrected chi connectivity index (χ3v) is 17.5. The smallest absolute Gasteiger partial charge is 0.313 e. The van der Waals surface area contributed by atoms with Crippen LogP contribution in [0, 0.1) is 23.7 Å². The molecule has 0 radical (unpaired) electrons. The first-order chi connectivity index (χ1) is 36.4. The molecule has 0 spiro atoms. The molecule has 6 aromatic rings. The number of aliphatic hydroxyl groups is 1. The third-order valence-electron chi connectivity index (χ3n) is 16.5. The van der Waals surface area contributed by atoms with Crippen molar-refractivity contribution in [3.63, 3.8) is 0 Å². The fraction of sp³-hybridized carbons (Fsp3) is 0.509. The molecule has 11 rings (SSSR count). The van der Waals surface area contributed by atoms with E-state index in [4.69, 9.17) is 20.2 Å². The van der Waals surface area contributed by atoms with Gasteiger partial charge in [-0.2, -0.15) is 0 Å². The minimum absolute atomic E-state index is 0.0720. The maximum absolute atomic E-state index is 14.3. The minimum atomic E-state index is -0.864. The van der Waals surface area contributed by atoms with Crippen molar-refractivity contribution in [3.05, 3.63) is 106 Å². The molecule has 5 N–H and O–H groups in total. The average molecular weight is 1040 g/mol. The molecule has 1 amide bonds. The summed E-state index contributed by atoms with van der Waals surface area (Å²) in [7, 11) is 0. The van der Waals surface area contributed by atoms with Gasteiger partial charge in [-0.1, -0.05) is 55.4 Å². The first-order valence-electron chi connectivity index (χ1n) is 26.8. The second-order valence-corrected chi connectivity index (χ2v) is 22.5. The molecule has 0 aliphatic carbocycles. The van der Waals surface area contributed by atoms with Gasteiger partial charge in [-0.3, -0.25) is 9.69 Å². The number of nitrogens with one attached hydrogen (secondary N) is 1. The van der Waals surface area contributed by atoms with Crippen LogP contribution in [0.2, 0.25) is 0 Å². The van der Waals surface area contributed by atoms with E-state index in [1.165, 1.54) is 10.5 Å². The Morgan fingerprint density at radius 2 is 1.64 bits per heavy atom. The number of nitrogen functional groups attached to an aromatic ring is 1. The molecule has 5 aliphatic rings. The summed E-state index contributed by atoms with van der Waals surface area (Å²) in [5.41, 5.74) is 17.4. The Labute approximate surface area is 441 Å². The second-order valence-electron chi connectivity index (χ2n) is 21.7. The van der Waals surface area contributed by atoms with Gasteiger partial charge in [-0.15, -0.1) is 27.0 Å². The molecular weight excluding hydrogens is 969 g/mol. The second kappa shape index (κ2) is 21.8. The number of para-hydroxylation sites is 1. The van der Waals surface area contributed by atoms with Crippen molar-refractivity contribution < 1.29 is 24.4 Å². The van der Waals surface area contributed by atoms with Gasteiger partial charge < -0.3 is 40.1 Å². The first kappa shape index (κ1) is 50.4. The molecule has 19 nitrogen and oxygen atoms in total. The van der Waals surface area contributed by atoms with E-state index in [9.17, 15) is 19.9 Å². The van der Waals surface area contributed by atoms with Gasteiger partial charge in [0.2, 0.25) is 11.9 Å². The van der Waals surface area contributed by atoms with Crippen LogP contribution >= 0.6 is 11.3 Å². The number of hydrogen-bond donors (Lipinski definition) is 4. The number of nitrogens with zero attached hydrogens (tertiary/aromatic N) is 12. The number of piperidine rings is 2. The normalized spacial score (nSPS) is 22.1. The number of aromatic nitrogens is 6. The van der Waals surface area contributed by atoms with Crippen molar-refractivity contribution in [2.75, 3.05) is 72.8 Å². The summed E-state index contributed by atoms with van der Waals surface area (Å²) in [5, 5.41) is 34.2. The van der Waals surface area contributed by atoms with E-state index in [1.807, 2.05) is 74.8 Å². The predicted octanol–water partition coefficient (Wildman–Crippen LogP) is 7.13. The summed E-state index contributed by atoms with van der Waals surface area (Å²) >= 11 is 1.60. The number of rotatable bonds is 16. The van der Waals surface area contributed by atoms with Gasteiger partial charge in [0, 0.05) is 62.3 Å². The molecule has 394 valence electrons. The highest BCUT2D eigenvalue weighted by Gasteiger charge is 2.48. The summed E-state index contributed by atoms with van der Waals surface area (Å²) in [6, 6.07) is 19.5. The summed E-state index contributed by atoms with van der Waals surface area (Å²) in [6.45, 7) is 12.8. The van der Waals surface area contributed by atoms with Crippen LogP contribution < -0.4 is 25.9 Å². The predicted molar refractivity (Wildman–Crippen MR) is 288 cm³/mol. The maximum Gasteiger partial charge on any atom is 0.313 e. The van der Waals surface area contributed by atoms with E-state index < -0.39 is 18.2 Å². The zero-order valence-corrected chi connectivity index (χ0v) is 43.9. The number of phenols is 1. The van der Waals surface area contributed by atoms with E-state index in [2.05, 4.69) is 57.8 Å². The lowest BCUT2D eigenvalue weighted by Gasteiger charge is -2.42. The standard InChI is InChI=1S/C55H68N14O5S/c1-34(2)51(54(72)67-32-43(70)24-50(67)69(73)60-27-37-8-10-39(11-9-37)52-35(3)59-33-75-52)48-26-49(63-74-48)65-22-15-36(16-23-65)14-19-64-20-17-38(18-21-64)40-28-57-55(58-29-40)68-41-12-13-42(68)31-66(30-41)46-25-45(61-62-53(46)56)44-6-4-5-7-47(44)71/h4-11,25-26,28-29,33-34,36,38,41-43,50-51,70H,12-24,27,30-32H2,1-3H3,(H3-,56,60,61,62,71,73)/p+1/t41?,42?,43-,50-,51?/m1/s1. The Balaban J connectivity index is 0.621. The average Bonchev–Trinajstić information content (AvgIpc) is 4.24. The Morgan fingerprint density at radius 1 is 0.907 bits per heavy atom. The van der Waals surface area contributed by atoms with Crippen molar-refractivity contribution in [3.8, 4) is 27.4 Å². The molecule has 0 saturated carbocycles. The number of carbonyl (C=O) groups excluding carboxylic acids is 1. The van der Waals surface area contributed by atoms with E-state index in [-0.39, 0.29) is 49.2 Å². The number of carbonyl (C=O) groups is 1. The highest BCUT2D eigenvalue weighted by Crippen LogP contribution is 2.40. The van der Waals surface area contributed by atoms with Gasteiger partial charge in [0.1, 0.15) is 16.5 Å². The van der Waals surface area contributed by atoms with E-state index in [1.54, 1.807) is 23.5 Å². The lowest BCUT2D eigenvalue weighted by Crippen LogP contribution is -2.54. The molecular formula is C55H69N14O5S+. The highest BCUT2D eigenvalue weighted by molar-refractivity contribution is 7.13. The number of aliphatic hydroxyl groups excluding tert-OH is 1. The largest absolute Gasteiger partial charge is 0.507 e. The number of hydrazine groups is 1. The number of piperazine rings is 1. The van der Waals surface area contributed by atoms with Crippen molar-refractivity contribution in [1.82, 2.24) is 45.5 Å². The SMILES string of the molecule is Cc1ncsc1-c1ccc(CN[N+](=O)[C@@H]2C[C@@H](O)CN2C(=O)C(c2cc(N3CCC(CCN4CCC(c5cnc(N6C7CCC6CN(c6cc(-c8ccccc8O)nnc6N)C7)nc5)CC4)CC3)no2)C(C)C)cc1. The van der Waals surface area contributed by atoms with Crippen molar-refractivity contribution in [2.45, 2.75) is 115 Å². The number of aryl methyl sites for hydroxylation is 1. The molecule has 5 aliphatic heterocycles. The topological polar surface area (TPSA) is 222 Å². The van der Waals surface area contributed by atoms with Crippen LogP contribution in [0.15, 0.2) is 83.1 Å². The number of nitroso groups, excluding NO2 is 1. The fourth-order valence-electron chi connectivity index (χ4n) is 12.2. The van der Waals surface area contributed by atoms with Crippen LogP contribution in [0.25, 0.3) is 21.7 Å². The van der Waals surface area contributed by atoms with E-state index >= 15 is 0 Å². The number of likely N-dealkylation sites (tertiary alicyclic amines) is 2. The molecule has 5 atom stereocenters. The van der Waals surface area contributed by atoms with Gasteiger partial charge >= 0.3 is 6.17 Å². The number of phenolic OH excluding ortho intramolecular Hbond substituents is 1. The van der Waals surface area contributed by atoms with E-state index in [0.29, 0.717) is 39.5 Å². The van der Waals surface area contributed by atoms with E-state index in [0.717, 1.165) is 130 Å². The number of aromatic hydroxyl groups is 1. The molecule has 2 aromatic carbocycles. The molecule has 5 fully saturated rings. The van der Waals surface area contributed by atoms with Gasteiger partial charge in [-0.25, -0.2) is 15.0 Å². The van der Waals surface area contributed by atoms with Crippen LogP contribution in [0.4, 0.5) is 23.3 Å². The lowest BCUT2D eigenvalue weighted by atomic mass is 9.90. The maximum atomic E-state index is 14.3. The zero-order valence-electron chi connectivity index (χ0n) is 43.1. The van der Waals surface area contributed by atoms with Gasteiger partial charge in [-0.05, 0) is 124 Å². The lowest BCUT2D eigenvalue weighted by molar-refractivity contribution is -0.657. The first-order valence-corrected chi connectivity index (χ1v) is 27.7. The number of thiazole rings is 1. The summed E-state index contributed by atoms with van der Waals surface area (Å²) < 4.78 is 5.93. The van der Waals surface area contributed by atoms with Gasteiger partial charge in [0.25, 0.3) is 0 Å². The Bertz CT molecular complexity index is 2920. The van der Waals surface area contributed by atoms with Gasteiger partial charge in [0.05, 0.1) is 58.0 Å². The Hall–Kier alpha value is -6.77. The zero-order chi connectivity index (χ0) is 51.7. The number of anilines is 4. The monoisotopic (exact) mass is 1040 g/mol. The quantitative estimate of drug-likeness (QED) is 0.0559. The number of amides is 1. The molecule has 5 saturated heterocycles. The van der Waals surface area contributed by atoms with Crippen LogP contribution in [-0.2, 0) is 11.3 Å².